The van der Waals surface area contributed by atoms with Gasteiger partial charge in [0.2, 0.25) is 11.8 Å². The molecule has 1 aromatic heterocycles. The minimum atomic E-state index is -0.734. The van der Waals surface area contributed by atoms with Gasteiger partial charge in [-0.2, -0.15) is 0 Å². The van der Waals surface area contributed by atoms with Crippen LogP contribution in [0, 0.1) is 18.8 Å². The summed E-state index contributed by atoms with van der Waals surface area (Å²) in [6, 6.07) is 1.82. The number of aromatic nitrogens is 1. The first-order valence-electron chi connectivity index (χ1n) is 9.87. The van der Waals surface area contributed by atoms with Gasteiger partial charge in [-0.1, -0.05) is 43.5 Å². The maximum absolute atomic E-state index is 13.1. The highest BCUT2D eigenvalue weighted by Crippen LogP contribution is 2.52. The van der Waals surface area contributed by atoms with Crippen LogP contribution in [-0.2, 0) is 14.3 Å². The van der Waals surface area contributed by atoms with E-state index in [9.17, 15) is 9.59 Å². The Hall–Kier alpha value is -2.15. The molecule has 0 unspecified atom stereocenters. The van der Waals surface area contributed by atoms with Crippen molar-refractivity contribution < 1.29 is 18.8 Å². The number of nitrogens with zero attached hydrogens (tertiary/aromatic N) is 2. The molecule has 2 fully saturated rings. The third-order valence-corrected chi connectivity index (χ3v) is 5.92. The highest BCUT2D eigenvalue weighted by atomic mass is 16.5. The van der Waals surface area contributed by atoms with E-state index in [4.69, 9.17) is 9.26 Å². The van der Waals surface area contributed by atoms with E-state index < -0.39 is 17.4 Å². The molecule has 7 nitrogen and oxygen atoms in total. The van der Waals surface area contributed by atoms with Gasteiger partial charge in [-0.3, -0.25) is 14.5 Å². The molecule has 0 aliphatic carbocycles. The summed E-state index contributed by atoms with van der Waals surface area (Å²) in [4.78, 5) is 27.7. The van der Waals surface area contributed by atoms with Crippen LogP contribution in [0.3, 0.4) is 0 Å². The zero-order valence-electron chi connectivity index (χ0n) is 16.1. The summed E-state index contributed by atoms with van der Waals surface area (Å²) in [6.07, 6.45) is 7.89. The van der Waals surface area contributed by atoms with Gasteiger partial charge >= 0.3 is 0 Å². The van der Waals surface area contributed by atoms with E-state index in [1.807, 2.05) is 19.1 Å². The van der Waals surface area contributed by atoms with Gasteiger partial charge in [0.05, 0.1) is 24.5 Å². The van der Waals surface area contributed by atoms with Crippen LogP contribution in [0.15, 0.2) is 22.7 Å². The Labute approximate surface area is 159 Å². The molecule has 2 saturated heterocycles. The monoisotopic (exact) mass is 373 g/mol. The average molecular weight is 373 g/mol. The van der Waals surface area contributed by atoms with Crippen molar-refractivity contribution in [1.29, 1.82) is 0 Å². The number of amides is 2. The van der Waals surface area contributed by atoms with Crippen molar-refractivity contribution in [3.63, 3.8) is 0 Å². The highest BCUT2D eigenvalue weighted by Gasteiger charge is 2.67. The third kappa shape index (κ3) is 2.98. The Balaban J connectivity index is 1.50. The summed E-state index contributed by atoms with van der Waals surface area (Å²) < 4.78 is 11.2. The van der Waals surface area contributed by atoms with Crippen molar-refractivity contribution in [1.82, 2.24) is 10.5 Å². The Bertz CT molecular complexity index is 773. The minimum Gasteiger partial charge on any atom is -0.360 e. The summed E-state index contributed by atoms with van der Waals surface area (Å²) >= 11 is 0. The van der Waals surface area contributed by atoms with Crippen molar-refractivity contribution in [3.8, 4) is 0 Å². The van der Waals surface area contributed by atoms with Crippen LogP contribution in [0.2, 0.25) is 0 Å². The smallest absolute Gasteiger partial charge is 0.235 e. The minimum absolute atomic E-state index is 0.0910. The maximum Gasteiger partial charge on any atom is 0.235 e. The Morgan fingerprint density at radius 1 is 1.48 bits per heavy atom. The number of carbonyl (C=O) groups excluding carboxylic acids is 2. The first kappa shape index (κ1) is 18.2. The molecule has 7 heteroatoms. The van der Waals surface area contributed by atoms with Crippen molar-refractivity contribution in [2.24, 2.45) is 11.8 Å². The summed E-state index contributed by atoms with van der Waals surface area (Å²) in [5.74, 6) is -0.0840. The lowest BCUT2D eigenvalue weighted by Gasteiger charge is -2.25. The van der Waals surface area contributed by atoms with E-state index in [-0.39, 0.29) is 24.0 Å². The molecular weight excluding hydrogens is 346 g/mol. The molecule has 4 heterocycles. The number of rotatable bonds is 7. The lowest BCUT2D eigenvalue weighted by molar-refractivity contribution is -0.132. The van der Waals surface area contributed by atoms with Crippen molar-refractivity contribution in [2.75, 3.05) is 11.4 Å². The highest BCUT2D eigenvalue weighted by molar-refractivity contribution is 6.02. The molecule has 4 rings (SSSR count). The normalized spacial score (nSPS) is 32.2. The first-order chi connectivity index (χ1) is 12.9. The molecule has 1 aromatic rings. The number of hydrogen-bond acceptors (Lipinski definition) is 5. The van der Waals surface area contributed by atoms with Crippen molar-refractivity contribution >= 4 is 17.6 Å². The van der Waals surface area contributed by atoms with Crippen LogP contribution in [0.4, 0.5) is 5.82 Å². The molecule has 0 saturated carbocycles. The number of nitrogens with one attached hydrogen (secondary N) is 1. The average Bonchev–Trinajstić information content (AvgIpc) is 3.36. The second-order valence-corrected chi connectivity index (χ2v) is 8.03. The predicted octanol–water partition coefficient (Wildman–Crippen LogP) is 2.35. The molecule has 5 atom stereocenters. The fraction of sp³-hybridized carbons (Fsp3) is 0.650. The quantitative estimate of drug-likeness (QED) is 0.586. The van der Waals surface area contributed by atoms with Crippen LogP contribution in [0.5, 0.6) is 0 Å². The largest absolute Gasteiger partial charge is 0.360 e. The molecule has 27 heavy (non-hydrogen) atoms. The molecule has 0 aromatic carbocycles. The van der Waals surface area contributed by atoms with E-state index in [1.54, 1.807) is 17.9 Å². The van der Waals surface area contributed by atoms with Crippen LogP contribution in [0.1, 0.15) is 45.3 Å². The number of unbranched alkanes of at least 4 members (excludes halogenated alkanes) is 2. The van der Waals surface area contributed by atoms with E-state index in [1.165, 1.54) is 0 Å². The van der Waals surface area contributed by atoms with Gasteiger partial charge in [0.15, 0.2) is 5.82 Å². The number of anilines is 1. The number of fused-ring (bicyclic) bond motifs is 1. The predicted molar refractivity (Wildman–Crippen MR) is 99.1 cm³/mol. The van der Waals surface area contributed by atoms with Gasteiger partial charge in [0, 0.05) is 12.1 Å². The van der Waals surface area contributed by atoms with Gasteiger partial charge in [0.1, 0.15) is 11.4 Å². The van der Waals surface area contributed by atoms with Crippen LogP contribution >= 0.6 is 0 Å². The van der Waals surface area contributed by atoms with Crippen molar-refractivity contribution in [3.05, 3.63) is 24.0 Å². The Morgan fingerprint density at radius 2 is 2.30 bits per heavy atom. The van der Waals surface area contributed by atoms with Gasteiger partial charge in [-0.05, 0) is 20.3 Å². The van der Waals surface area contributed by atoms with E-state index in [0.717, 1.165) is 25.7 Å². The van der Waals surface area contributed by atoms with Crippen LogP contribution < -0.4 is 10.2 Å². The fourth-order valence-electron chi connectivity index (χ4n) is 4.58. The van der Waals surface area contributed by atoms with E-state index in [0.29, 0.717) is 18.1 Å². The second-order valence-electron chi connectivity index (χ2n) is 8.03. The standard InChI is InChI=1S/C20H27N3O4/c1-4-5-6-7-12(2)21-18(24)16-14-8-9-20(26-14)11-23(19(25)17(16)20)15-10-13(3)27-22-15/h8-10,12,14,16-17H,4-7,11H2,1-3H3,(H,21,24)/t12-,14-,16-,17-,20+/m1/s1. The zero-order valence-corrected chi connectivity index (χ0v) is 16.1. The van der Waals surface area contributed by atoms with Gasteiger partial charge in [0.25, 0.3) is 0 Å². The number of carbonyl (C=O) groups is 2. The molecule has 2 amide bonds. The van der Waals surface area contributed by atoms with Crippen molar-refractivity contribution in [2.45, 2.75) is 64.2 Å². The fourth-order valence-corrected chi connectivity index (χ4v) is 4.58. The molecular formula is C20H27N3O4. The molecule has 3 aliphatic rings. The van der Waals surface area contributed by atoms with E-state index >= 15 is 0 Å². The van der Waals surface area contributed by atoms with Gasteiger partial charge < -0.3 is 14.6 Å². The first-order valence-corrected chi connectivity index (χ1v) is 9.87. The molecule has 1 N–H and O–H groups in total. The molecule has 3 aliphatic heterocycles. The summed E-state index contributed by atoms with van der Waals surface area (Å²) in [7, 11) is 0. The third-order valence-electron chi connectivity index (χ3n) is 5.92. The Kier molecular flexibility index (Phi) is 4.58. The summed E-state index contributed by atoms with van der Waals surface area (Å²) in [5.41, 5.74) is -0.734. The number of aryl methyl sites for hydroxylation is 1. The van der Waals surface area contributed by atoms with Crippen LogP contribution in [0.25, 0.3) is 0 Å². The SMILES string of the molecule is CCCCC[C@@H](C)NC(=O)[C@@H]1[C@H]2C=C[C@@]3(CN(c4cc(C)on4)C(=O)[C@@H]13)O2. The zero-order chi connectivity index (χ0) is 19.2. The topological polar surface area (TPSA) is 84.7 Å². The maximum atomic E-state index is 13.1. The van der Waals surface area contributed by atoms with Gasteiger partial charge in [-0.25, -0.2) is 0 Å². The van der Waals surface area contributed by atoms with Crippen LogP contribution in [-0.4, -0.2) is 41.3 Å². The van der Waals surface area contributed by atoms with E-state index in [2.05, 4.69) is 17.4 Å². The number of ether oxygens (including phenoxy) is 1. The molecule has 2 bridgehead atoms. The second kappa shape index (κ2) is 6.78. The molecule has 0 radical (unpaired) electrons. The van der Waals surface area contributed by atoms with Gasteiger partial charge in [-0.15, -0.1) is 0 Å². The lowest BCUT2D eigenvalue weighted by atomic mass is 9.76. The summed E-state index contributed by atoms with van der Waals surface area (Å²) in [6.45, 7) is 6.34. The molecule has 146 valence electrons. The lowest BCUT2D eigenvalue weighted by Crippen LogP contribution is -2.46. The molecule has 1 spiro atoms. The summed E-state index contributed by atoms with van der Waals surface area (Å²) in [5, 5.41) is 7.06. The Morgan fingerprint density at radius 3 is 3.00 bits per heavy atom. The number of hydrogen-bond donors (Lipinski definition) is 1.